The van der Waals surface area contributed by atoms with Crippen molar-refractivity contribution in [1.82, 2.24) is 0 Å². The Kier molecular flexibility index (Phi) is 3.28. The van der Waals surface area contributed by atoms with E-state index in [-0.39, 0.29) is 11.2 Å². The van der Waals surface area contributed by atoms with Crippen LogP contribution in [-0.4, -0.2) is 5.11 Å². The molecule has 0 aliphatic rings. The van der Waals surface area contributed by atoms with E-state index in [0.29, 0.717) is 27.9 Å². The van der Waals surface area contributed by atoms with Gasteiger partial charge in [-0.1, -0.05) is 18.2 Å². The second-order valence-corrected chi connectivity index (χ2v) is 5.84. The number of aryl methyl sites for hydroxylation is 3. The van der Waals surface area contributed by atoms with Gasteiger partial charge in [-0.2, -0.15) is 0 Å². The number of rotatable bonds is 1. The van der Waals surface area contributed by atoms with Gasteiger partial charge in [0.2, 0.25) is 0 Å². The molecule has 0 amide bonds. The van der Waals surface area contributed by atoms with Crippen LogP contribution in [-0.2, 0) is 0 Å². The van der Waals surface area contributed by atoms with Crippen LogP contribution in [0.5, 0.6) is 5.75 Å². The number of hydrogen-bond acceptors (Lipinski definition) is 3. The van der Waals surface area contributed by atoms with Crippen LogP contribution >= 0.6 is 0 Å². The second kappa shape index (κ2) is 5.02. The zero-order valence-electron chi connectivity index (χ0n) is 13.2. The van der Waals surface area contributed by atoms with Crippen LogP contribution in [0, 0.1) is 27.7 Å². The third-order valence-corrected chi connectivity index (χ3v) is 4.04. The third-order valence-electron chi connectivity index (χ3n) is 4.04. The topological polar surface area (TPSA) is 50.4 Å². The fourth-order valence-electron chi connectivity index (χ4n) is 2.80. The van der Waals surface area contributed by atoms with E-state index >= 15 is 0 Å². The molecule has 0 aliphatic heterocycles. The molecule has 0 atom stereocenters. The molecule has 0 spiro atoms. The minimum atomic E-state index is -0.0196. The van der Waals surface area contributed by atoms with Crippen molar-refractivity contribution in [3.63, 3.8) is 0 Å². The average molecular weight is 294 g/mol. The fourth-order valence-corrected chi connectivity index (χ4v) is 2.80. The van der Waals surface area contributed by atoms with E-state index in [4.69, 9.17) is 4.42 Å². The molecule has 0 fully saturated rings. The lowest BCUT2D eigenvalue weighted by atomic mass is 10.0. The Bertz CT molecular complexity index is 949. The molecule has 22 heavy (non-hydrogen) atoms. The van der Waals surface area contributed by atoms with Crippen LogP contribution in [0.1, 0.15) is 22.3 Å². The zero-order chi connectivity index (χ0) is 16.0. The maximum absolute atomic E-state index is 12.7. The number of phenolic OH excluding ortho intramolecular Hbond substituents is 1. The van der Waals surface area contributed by atoms with E-state index in [2.05, 4.69) is 0 Å². The van der Waals surface area contributed by atoms with Crippen molar-refractivity contribution in [3.05, 3.63) is 62.8 Å². The smallest absolute Gasteiger partial charge is 0.196 e. The van der Waals surface area contributed by atoms with Crippen molar-refractivity contribution >= 4 is 11.0 Å². The molecule has 0 saturated carbocycles. The molecule has 0 radical (unpaired) electrons. The first-order chi connectivity index (χ1) is 10.4. The van der Waals surface area contributed by atoms with Crippen molar-refractivity contribution in [2.45, 2.75) is 27.7 Å². The van der Waals surface area contributed by atoms with Gasteiger partial charge in [0.25, 0.3) is 0 Å². The molecule has 3 rings (SSSR count). The van der Waals surface area contributed by atoms with Crippen molar-refractivity contribution in [2.75, 3.05) is 0 Å². The molecule has 0 unspecified atom stereocenters. The molecule has 2 aromatic carbocycles. The van der Waals surface area contributed by atoms with Crippen molar-refractivity contribution < 1.29 is 9.52 Å². The highest BCUT2D eigenvalue weighted by Gasteiger charge is 2.15. The Hall–Kier alpha value is -2.55. The molecule has 0 aliphatic carbocycles. The number of benzene rings is 2. The summed E-state index contributed by atoms with van der Waals surface area (Å²) in [7, 11) is 0. The largest absolute Gasteiger partial charge is 0.508 e. The molecule has 3 nitrogen and oxygen atoms in total. The molecule has 0 bridgehead atoms. The van der Waals surface area contributed by atoms with Gasteiger partial charge in [-0.25, -0.2) is 0 Å². The van der Waals surface area contributed by atoms with Gasteiger partial charge in [-0.3, -0.25) is 4.79 Å². The highest BCUT2D eigenvalue weighted by molar-refractivity contribution is 5.84. The van der Waals surface area contributed by atoms with Gasteiger partial charge >= 0.3 is 0 Å². The molecule has 3 aromatic rings. The van der Waals surface area contributed by atoms with Crippen LogP contribution in [0.4, 0.5) is 0 Å². The van der Waals surface area contributed by atoms with E-state index in [9.17, 15) is 9.90 Å². The second-order valence-electron chi connectivity index (χ2n) is 5.84. The first kappa shape index (κ1) is 14.4. The van der Waals surface area contributed by atoms with Gasteiger partial charge in [0.05, 0.1) is 5.39 Å². The van der Waals surface area contributed by atoms with Gasteiger partial charge in [-0.15, -0.1) is 0 Å². The first-order valence-corrected chi connectivity index (χ1v) is 7.23. The minimum absolute atomic E-state index is 0.0196. The monoisotopic (exact) mass is 294 g/mol. The maximum atomic E-state index is 12.7. The fraction of sp³-hybridized carbons (Fsp3) is 0.211. The third kappa shape index (κ3) is 2.19. The van der Waals surface area contributed by atoms with E-state index in [1.807, 2.05) is 45.0 Å². The molecule has 3 heteroatoms. The highest BCUT2D eigenvalue weighted by atomic mass is 16.3. The minimum Gasteiger partial charge on any atom is -0.508 e. The number of phenols is 1. The molecular formula is C19H18O3. The molecule has 1 heterocycles. The Balaban J connectivity index is 2.38. The summed E-state index contributed by atoms with van der Waals surface area (Å²) in [5.74, 6) is 0.706. The van der Waals surface area contributed by atoms with Crippen molar-refractivity contribution in [1.29, 1.82) is 0 Å². The van der Waals surface area contributed by atoms with Gasteiger partial charge in [0.15, 0.2) is 5.43 Å². The quantitative estimate of drug-likeness (QED) is 0.723. The summed E-state index contributed by atoms with van der Waals surface area (Å²) in [6, 6.07) is 9.16. The SMILES string of the molecule is Cc1cc(C)c2c(=O)c(C)c(-c3ccc(C)c(O)c3)oc2c1. The van der Waals surface area contributed by atoms with Crippen LogP contribution in [0.2, 0.25) is 0 Å². The van der Waals surface area contributed by atoms with Crippen LogP contribution < -0.4 is 5.43 Å². The number of fused-ring (bicyclic) bond motifs is 1. The van der Waals surface area contributed by atoms with Crippen molar-refractivity contribution in [2.24, 2.45) is 0 Å². The summed E-state index contributed by atoms with van der Waals surface area (Å²) < 4.78 is 6.00. The normalized spacial score (nSPS) is 11.1. The van der Waals surface area contributed by atoms with Crippen molar-refractivity contribution in [3.8, 4) is 17.1 Å². The summed E-state index contributed by atoms with van der Waals surface area (Å²) in [5.41, 5.74) is 4.59. The van der Waals surface area contributed by atoms with E-state index in [1.54, 1.807) is 13.0 Å². The molecular weight excluding hydrogens is 276 g/mol. The molecule has 1 aromatic heterocycles. The van der Waals surface area contributed by atoms with Gasteiger partial charge in [-0.05, 0) is 56.5 Å². The van der Waals surface area contributed by atoms with Gasteiger partial charge < -0.3 is 9.52 Å². The predicted octanol–water partition coefficient (Wildman–Crippen LogP) is 4.40. The standard InChI is InChI=1S/C19H18O3/c1-10-7-12(3)17-16(8-10)22-19(13(4)18(17)21)14-6-5-11(2)15(20)9-14/h5-9,20H,1-4H3. The molecule has 1 N–H and O–H groups in total. The summed E-state index contributed by atoms with van der Waals surface area (Å²) in [5, 5.41) is 10.5. The van der Waals surface area contributed by atoms with Gasteiger partial charge in [0, 0.05) is 11.1 Å². The van der Waals surface area contributed by atoms with Crippen LogP contribution in [0.3, 0.4) is 0 Å². The summed E-state index contributed by atoms with van der Waals surface area (Å²) in [6.45, 7) is 7.48. The van der Waals surface area contributed by atoms with Gasteiger partial charge in [0.1, 0.15) is 17.1 Å². The summed E-state index contributed by atoms with van der Waals surface area (Å²) in [6.07, 6.45) is 0. The Morgan fingerprint density at radius 1 is 0.955 bits per heavy atom. The lowest BCUT2D eigenvalue weighted by molar-refractivity contribution is 0.471. The molecule has 0 saturated heterocycles. The summed E-state index contributed by atoms with van der Waals surface area (Å²) >= 11 is 0. The van der Waals surface area contributed by atoms with E-state index in [1.165, 1.54) is 0 Å². The first-order valence-electron chi connectivity index (χ1n) is 7.23. The van der Waals surface area contributed by atoms with E-state index < -0.39 is 0 Å². The summed E-state index contributed by atoms with van der Waals surface area (Å²) in [4.78, 5) is 12.7. The average Bonchev–Trinajstić information content (AvgIpc) is 2.45. The Labute approximate surface area is 128 Å². The lowest BCUT2D eigenvalue weighted by Gasteiger charge is -2.10. The predicted molar refractivity (Wildman–Crippen MR) is 88.5 cm³/mol. The highest BCUT2D eigenvalue weighted by Crippen LogP contribution is 2.30. The van der Waals surface area contributed by atoms with Crippen LogP contribution in [0.15, 0.2) is 39.5 Å². The Morgan fingerprint density at radius 2 is 1.68 bits per heavy atom. The molecule has 112 valence electrons. The number of hydrogen-bond donors (Lipinski definition) is 1. The van der Waals surface area contributed by atoms with Crippen LogP contribution in [0.25, 0.3) is 22.3 Å². The Morgan fingerprint density at radius 3 is 2.36 bits per heavy atom. The maximum Gasteiger partial charge on any atom is 0.196 e. The van der Waals surface area contributed by atoms with E-state index in [0.717, 1.165) is 16.7 Å². The zero-order valence-corrected chi connectivity index (χ0v) is 13.2. The number of aromatic hydroxyl groups is 1. The lowest BCUT2D eigenvalue weighted by Crippen LogP contribution is -2.09.